The van der Waals surface area contributed by atoms with E-state index >= 15 is 0 Å². The van der Waals surface area contributed by atoms with E-state index in [1.807, 2.05) is 0 Å². The molecule has 0 aliphatic heterocycles. The zero-order valence-corrected chi connectivity index (χ0v) is 11.1. The summed E-state index contributed by atoms with van der Waals surface area (Å²) in [6.07, 6.45) is 4.94. The molecule has 2 atom stereocenters. The Bertz CT molecular complexity index is 465. The first-order valence-corrected chi connectivity index (χ1v) is 6.74. The van der Waals surface area contributed by atoms with E-state index < -0.39 is 16.4 Å². The Kier molecular flexibility index (Phi) is 4.35. The molecular formula is C14H19FN2O2. The van der Waals surface area contributed by atoms with E-state index in [1.54, 1.807) is 6.07 Å². The summed E-state index contributed by atoms with van der Waals surface area (Å²) in [5.74, 6) is 0.586. The van der Waals surface area contributed by atoms with Crippen molar-refractivity contribution >= 4 is 11.4 Å². The first-order valence-electron chi connectivity index (χ1n) is 6.74. The molecular weight excluding hydrogens is 247 g/mol. The van der Waals surface area contributed by atoms with Crippen LogP contribution >= 0.6 is 0 Å². The summed E-state index contributed by atoms with van der Waals surface area (Å²) in [6, 6.07) is 3.97. The molecule has 104 valence electrons. The minimum absolute atomic E-state index is 0.475. The highest BCUT2D eigenvalue weighted by molar-refractivity contribution is 5.49. The van der Waals surface area contributed by atoms with Gasteiger partial charge < -0.3 is 5.32 Å². The fraction of sp³-hybridized carbons (Fsp3) is 0.571. The molecule has 2 rings (SSSR count). The van der Waals surface area contributed by atoms with Crippen molar-refractivity contribution in [3.63, 3.8) is 0 Å². The molecule has 1 fully saturated rings. The topological polar surface area (TPSA) is 55.2 Å². The molecule has 0 radical (unpaired) electrons. The molecule has 5 heteroatoms. The van der Waals surface area contributed by atoms with Crippen molar-refractivity contribution in [2.24, 2.45) is 11.8 Å². The third-order valence-corrected chi connectivity index (χ3v) is 3.78. The van der Waals surface area contributed by atoms with Gasteiger partial charge in [-0.25, -0.2) is 0 Å². The SMILES string of the molecule is CC1CCCC(CNc2ccc([N+](=O)[O-])c(F)c2)C1. The highest BCUT2D eigenvalue weighted by Crippen LogP contribution is 2.29. The van der Waals surface area contributed by atoms with Crippen molar-refractivity contribution in [1.82, 2.24) is 0 Å². The Morgan fingerprint density at radius 1 is 1.47 bits per heavy atom. The van der Waals surface area contributed by atoms with Crippen LogP contribution in [0, 0.1) is 27.8 Å². The zero-order valence-electron chi connectivity index (χ0n) is 11.1. The lowest BCUT2D eigenvalue weighted by Crippen LogP contribution is -2.21. The molecule has 0 heterocycles. The number of benzene rings is 1. The monoisotopic (exact) mass is 266 g/mol. The van der Waals surface area contributed by atoms with Crippen molar-refractivity contribution < 1.29 is 9.31 Å². The molecule has 1 saturated carbocycles. The summed E-state index contributed by atoms with van der Waals surface area (Å²) in [6.45, 7) is 3.07. The molecule has 0 spiro atoms. The van der Waals surface area contributed by atoms with Crippen LogP contribution in [0.25, 0.3) is 0 Å². The maximum atomic E-state index is 13.4. The minimum Gasteiger partial charge on any atom is -0.385 e. The minimum atomic E-state index is -0.785. The zero-order chi connectivity index (χ0) is 13.8. The van der Waals surface area contributed by atoms with Gasteiger partial charge in [-0.1, -0.05) is 19.8 Å². The molecule has 0 bridgehead atoms. The van der Waals surface area contributed by atoms with Gasteiger partial charge in [0.25, 0.3) is 0 Å². The predicted molar refractivity (Wildman–Crippen MR) is 72.7 cm³/mol. The number of halogens is 1. The summed E-state index contributed by atoms with van der Waals surface area (Å²) < 4.78 is 13.4. The largest absolute Gasteiger partial charge is 0.385 e. The third-order valence-electron chi connectivity index (χ3n) is 3.78. The number of nitrogens with one attached hydrogen (secondary N) is 1. The van der Waals surface area contributed by atoms with Crippen LogP contribution in [0.4, 0.5) is 15.8 Å². The van der Waals surface area contributed by atoms with Crippen LogP contribution < -0.4 is 5.32 Å². The van der Waals surface area contributed by atoms with Crippen LogP contribution in [0.3, 0.4) is 0 Å². The lowest BCUT2D eigenvalue weighted by Gasteiger charge is -2.27. The van der Waals surface area contributed by atoms with Gasteiger partial charge in [-0.2, -0.15) is 4.39 Å². The molecule has 1 aliphatic carbocycles. The molecule has 1 N–H and O–H groups in total. The fourth-order valence-corrected chi connectivity index (χ4v) is 2.77. The standard InChI is InChI=1S/C14H19FN2O2/c1-10-3-2-4-11(7-10)9-16-12-5-6-14(17(18)19)13(15)8-12/h5-6,8,10-11,16H,2-4,7,9H2,1H3. The number of nitro groups is 1. The second-order valence-corrected chi connectivity index (χ2v) is 5.44. The maximum Gasteiger partial charge on any atom is 0.304 e. The van der Waals surface area contributed by atoms with E-state index in [1.165, 1.54) is 37.8 Å². The molecule has 1 aromatic carbocycles. The lowest BCUT2D eigenvalue weighted by atomic mass is 9.82. The van der Waals surface area contributed by atoms with Gasteiger partial charge in [-0.3, -0.25) is 10.1 Å². The van der Waals surface area contributed by atoms with Gasteiger partial charge in [-0.05, 0) is 30.7 Å². The van der Waals surface area contributed by atoms with Crippen LogP contribution in [-0.4, -0.2) is 11.5 Å². The van der Waals surface area contributed by atoms with E-state index in [0.29, 0.717) is 11.6 Å². The normalized spacial score (nSPS) is 23.1. The average molecular weight is 266 g/mol. The second kappa shape index (κ2) is 5.99. The molecule has 0 saturated heterocycles. The van der Waals surface area contributed by atoms with E-state index in [9.17, 15) is 14.5 Å². The molecule has 0 aromatic heterocycles. The number of nitro benzene ring substituents is 1. The number of nitrogens with zero attached hydrogens (tertiary/aromatic N) is 1. The van der Waals surface area contributed by atoms with Crippen molar-refractivity contribution in [2.45, 2.75) is 32.6 Å². The highest BCUT2D eigenvalue weighted by Gasteiger charge is 2.19. The first kappa shape index (κ1) is 13.8. The van der Waals surface area contributed by atoms with Gasteiger partial charge in [-0.15, -0.1) is 0 Å². The van der Waals surface area contributed by atoms with Crippen molar-refractivity contribution in [2.75, 3.05) is 11.9 Å². The van der Waals surface area contributed by atoms with Gasteiger partial charge in [0.05, 0.1) is 4.92 Å². The van der Waals surface area contributed by atoms with Gasteiger partial charge in [0.1, 0.15) is 0 Å². The third kappa shape index (κ3) is 3.66. The number of rotatable bonds is 4. The van der Waals surface area contributed by atoms with E-state index in [4.69, 9.17) is 0 Å². The number of anilines is 1. The molecule has 4 nitrogen and oxygen atoms in total. The Hall–Kier alpha value is -1.65. The molecule has 2 unspecified atom stereocenters. The van der Waals surface area contributed by atoms with Crippen molar-refractivity contribution in [3.05, 3.63) is 34.1 Å². The Morgan fingerprint density at radius 3 is 2.89 bits per heavy atom. The van der Waals surface area contributed by atoms with Crippen LogP contribution in [0.15, 0.2) is 18.2 Å². The molecule has 1 aliphatic rings. The summed E-state index contributed by atoms with van der Waals surface area (Å²) >= 11 is 0. The van der Waals surface area contributed by atoms with Gasteiger partial charge in [0.2, 0.25) is 5.82 Å². The summed E-state index contributed by atoms with van der Waals surface area (Å²) in [7, 11) is 0. The fourth-order valence-electron chi connectivity index (χ4n) is 2.77. The van der Waals surface area contributed by atoms with Gasteiger partial charge in [0, 0.05) is 24.4 Å². The lowest BCUT2D eigenvalue weighted by molar-refractivity contribution is -0.387. The quantitative estimate of drug-likeness (QED) is 0.662. The van der Waals surface area contributed by atoms with Gasteiger partial charge in [0.15, 0.2) is 0 Å². The van der Waals surface area contributed by atoms with Crippen LogP contribution in [0.2, 0.25) is 0 Å². The van der Waals surface area contributed by atoms with E-state index in [0.717, 1.165) is 12.5 Å². The highest BCUT2D eigenvalue weighted by atomic mass is 19.1. The predicted octanol–water partition coefficient (Wildman–Crippen LogP) is 3.97. The van der Waals surface area contributed by atoms with Crippen LogP contribution in [0.5, 0.6) is 0 Å². The Labute approximate surface area is 112 Å². The molecule has 19 heavy (non-hydrogen) atoms. The first-order chi connectivity index (χ1) is 9.06. The molecule has 1 aromatic rings. The Balaban J connectivity index is 1.92. The maximum absolute atomic E-state index is 13.4. The Morgan fingerprint density at radius 2 is 2.26 bits per heavy atom. The summed E-state index contributed by atoms with van der Waals surface area (Å²) in [5, 5.41) is 13.7. The number of hydrogen-bond donors (Lipinski definition) is 1. The summed E-state index contributed by atoms with van der Waals surface area (Å²) in [5.41, 5.74) is 0.137. The number of hydrogen-bond acceptors (Lipinski definition) is 3. The van der Waals surface area contributed by atoms with E-state index in [-0.39, 0.29) is 0 Å². The summed E-state index contributed by atoms with van der Waals surface area (Å²) in [4.78, 5) is 9.81. The molecule has 0 amide bonds. The second-order valence-electron chi connectivity index (χ2n) is 5.44. The van der Waals surface area contributed by atoms with Crippen molar-refractivity contribution in [3.8, 4) is 0 Å². The van der Waals surface area contributed by atoms with Crippen molar-refractivity contribution in [1.29, 1.82) is 0 Å². The van der Waals surface area contributed by atoms with Crippen LogP contribution in [-0.2, 0) is 0 Å². The van der Waals surface area contributed by atoms with Gasteiger partial charge >= 0.3 is 5.69 Å². The smallest absolute Gasteiger partial charge is 0.304 e. The average Bonchev–Trinajstić information content (AvgIpc) is 2.36. The van der Waals surface area contributed by atoms with Crippen LogP contribution in [0.1, 0.15) is 32.6 Å². The van der Waals surface area contributed by atoms with E-state index in [2.05, 4.69) is 12.2 Å².